The maximum Gasteiger partial charge on any atom is 0.427 e. The van der Waals surface area contributed by atoms with E-state index in [1.54, 1.807) is 0 Å². The Morgan fingerprint density at radius 2 is 1.74 bits per heavy atom. The second kappa shape index (κ2) is 6.93. The van der Waals surface area contributed by atoms with Crippen LogP contribution in [-0.2, 0) is 12.7 Å². The van der Waals surface area contributed by atoms with E-state index in [1.165, 1.54) is 12.8 Å². The van der Waals surface area contributed by atoms with Crippen molar-refractivity contribution < 1.29 is 18.0 Å². The number of nitrogens with one attached hydrogen (secondary N) is 1. The maximum absolute atomic E-state index is 12.9. The molecule has 5 fully saturated rings. The van der Waals surface area contributed by atoms with E-state index in [-0.39, 0.29) is 16.9 Å². The molecule has 1 N–H and O–H groups in total. The number of rotatable bonds is 4. The number of aromatic amines is 1. The molecule has 2 amide bonds. The topological polar surface area (TPSA) is 81.2 Å². The van der Waals surface area contributed by atoms with Crippen LogP contribution in [0.25, 0.3) is 0 Å². The molecule has 2 saturated carbocycles. The van der Waals surface area contributed by atoms with Crippen LogP contribution >= 0.6 is 11.5 Å². The molecular formula is C22H26F3N7OS. The summed E-state index contributed by atoms with van der Waals surface area (Å²) in [6, 6.07) is 1.27. The van der Waals surface area contributed by atoms with Crippen molar-refractivity contribution >= 4 is 17.6 Å². The Bertz CT molecular complexity index is 1110. The maximum atomic E-state index is 12.9. The van der Waals surface area contributed by atoms with Gasteiger partial charge in [0.25, 0.3) is 0 Å². The lowest BCUT2D eigenvalue weighted by atomic mass is 9.57. The van der Waals surface area contributed by atoms with Gasteiger partial charge in [0.15, 0.2) is 5.82 Å². The molecule has 5 heterocycles. The van der Waals surface area contributed by atoms with Crippen LogP contribution in [0.1, 0.15) is 59.7 Å². The van der Waals surface area contributed by atoms with Crippen LogP contribution in [0.3, 0.4) is 0 Å². The number of hydrogen-bond acceptors (Lipinski definition) is 6. The summed E-state index contributed by atoms with van der Waals surface area (Å²) in [7, 11) is 0. The van der Waals surface area contributed by atoms with Crippen molar-refractivity contribution in [3.8, 4) is 0 Å². The van der Waals surface area contributed by atoms with Gasteiger partial charge in [0, 0.05) is 68.5 Å². The summed E-state index contributed by atoms with van der Waals surface area (Å²) in [4.78, 5) is 22.9. The molecule has 182 valence electrons. The molecular weight excluding hydrogens is 467 g/mol. The normalized spacial score (nSPS) is 25.7. The lowest BCUT2D eigenvalue weighted by Crippen LogP contribution is -2.75. The van der Waals surface area contributed by atoms with Crippen LogP contribution in [0.15, 0.2) is 6.07 Å². The number of nitrogens with zero attached hydrogens (tertiary/aromatic N) is 6. The lowest BCUT2D eigenvalue weighted by molar-refractivity contribution is -0.134. The largest absolute Gasteiger partial charge is 0.427 e. The zero-order chi connectivity index (χ0) is 23.3. The first-order valence-electron chi connectivity index (χ1n) is 11.9. The minimum Gasteiger partial charge on any atom is -0.323 e. The molecule has 2 aromatic heterocycles. The van der Waals surface area contributed by atoms with Gasteiger partial charge in [-0.25, -0.2) is 9.78 Å². The van der Waals surface area contributed by atoms with Crippen molar-refractivity contribution in [2.45, 2.75) is 50.2 Å². The summed E-state index contributed by atoms with van der Waals surface area (Å²) in [5.74, 6) is 2.99. The molecule has 0 radical (unpaired) electrons. The molecule has 2 aromatic rings. The number of likely N-dealkylation sites (tertiary alicyclic amines) is 3. The second-order valence-electron chi connectivity index (χ2n) is 11.3. The Morgan fingerprint density at radius 3 is 2.35 bits per heavy atom. The van der Waals surface area contributed by atoms with Gasteiger partial charge in [-0.2, -0.15) is 22.6 Å². The summed E-state index contributed by atoms with van der Waals surface area (Å²) in [5.41, 5.74) is 0.831. The molecule has 3 saturated heterocycles. The number of carbonyl (C=O) groups is 1. The number of carbonyl (C=O) groups excluding carboxylic acids is 1. The monoisotopic (exact) mass is 493 g/mol. The molecule has 34 heavy (non-hydrogen) atoms. The smallest absolute Gasteiger partial charge is 0.323 e. The summed E-state index contributed by atoms with van der Waals surface area (Å²) < 4.78 is 42.2. The first kappa shape index (κ1) is 21.1. The van der Waals surface area contributed by atoms with E-state index in [0.29, 0.717) is 35.6 Å². The average Bonchev–Trinajstić information content (AvgIpc) is 3.19. The van der Waals surface area contributed by atoms with Crippen LogP contribution in [0.2, 0.25) is 0 Å². The van der Waals surface area contributed by atoms with Gasteiger partial charge in [0.1, 0.15) is 10.7 Å². The zero-order valence-electron chi connectivity index (χ0n) is 18.6. The fraction of sp³-hybridized carbons (Fsp3) is 0.727. The number of halogens is 3. The van der Waals surface area contributed by atoms with Gasteiger partial charge in [0.05, 0.1) is 5.69 Å². The Balaban J connectivity index is 0.844. The minimum absolute atomic E-state index is 0.105. The molecule has 0 bridgehead atoms. The van der Waals surface area contributed by atoms with Gasteiger partial charge in [-0.05, 0) is 43.3 Å². The predicted octanol–water partition coefficient (Wildman–Crippen LogP) is 3.27. The number of H-pyrrole nitrogens is 1. The van der Waals surface area contributed by atoms with Crippen LogP contribution in [0, 0.1) is 10.8 Å². The van der Waals surface area contributed by atoms with Gasteiger partial charge < -0.3 is 9.80 Å². The highest BCUT2D eigenvalue weighted by atomic mass is 32.1. The first-order valence-corrected chi connectivity index (χ1v) is 12.7. The molecule has 0 aromatic carbocycles. The van der Waals surface area contributed by atoms with Crippen LogP contribution in [-0.4, -0.2) is 79.6 Å². The van der Waals surface area contributed by atoms with E-state index in [1.807, 2.05) is 9.80 Å². The van der Waals surface area contributed by atoms with Crippen LogP contribution in [0.4, 0.5) is 18.0 Å². The van der Waals surface area contributed by atoms with Crippen molar-refractivity contribution in [2.75, 3.05) is 39.3 Å². The average molecular weight is 494 g/mol. The van der Waals surface area contributed by atoms with Crippen molar-refractivity contribution in [3.05, 3.63) is 28.3 Å². The van der Waals surface area contributed by atoms with Crippen LogP contribution in [0.5, 0.6) is 0 Å². The lowest BCUT2D eigenvalue weighted by Gasteiger charge is -2.63. The molecule has 8 nitrogen and oxygen atoms in total. The highest BCUT2D eigenvalue weighted by molar-refractivity contribution is 7.05. The summed E-state index contributed by atoms with van der Waals surface area (Å²) in [6.07, 6.45) is 0.219. The zero-order valence-corrected chi connectivity index (χ0v) is 19.5. The van der Waals surface area contributed by atoms with E-state index >= 15 is 0 Å². The Morgan fingerprint density at radius 1 is 1.06 bits per heavy atom. The van der Waals surface area contributed by atoms with Crippen molar-refractivity contribution in [1.29, 1.82) is 0 Å². The van der Waals surface area contributed by atoms with Crippen LogP contribution < -0.4 is 0 Å². The quantitative estimate of drug-likeness (QED) is 0.707. The third-order valence-electron chi connectivity index (χ3n) is 8.20. The first-order chi connectivity index (χ1) is 16.2. The van der Waals surface area contributed by atoms with E-state index in [0.717, 1.165) is 69.8 Å². The highest BCUT2D eigenvalue weighted by Crippen LogP contribution is 2.56. The van der Waals surface area contributed by atoms with Gasteiger partial charge >= 0.3 is 12.2 Å². The highest BCUT2D eigenvalue weighted by Gasteiger charge is 2.58. The molecule has 7 rings (SSSR count). The van der Waals surface area contributed by atoms with Crippen molar-refractivity contribution in [3.63, 3.8) is 0 Å². The standard InChI is InChI=1S/C22H26F3N7OS/c23-22(24,25)16-3-15(29-34-16)6-30-7-21(8-30)11-32(12-21)19(33)31-9-20(10-31)4-14(5-20)18-26-17(27-28-18)13-1-2-13/h3,13-14H,1-2,4-12H2,(H,26,27,28). The Labute approximate surface area is 198 Å². The molecule has 3 aliphatic heterocycles. The van der Waals surface area contributed by atoms with Gasteiger partial charge in [-0.3, -0.25) is 10.00 Å². The van der Waals surface area contributed by atoms with E-state index in [2.05, 4.69) is 24.5 Å². The molecule has 0 unspecified atom stereocenters. The number of urea groups is 1. The minimum atomic E-state index is -4.33. The molecule has 0 atom stereocenters. The summed E-state index contributed by atoms with van der Waals surface area (Å²) >= 11 is 0.510. The van der Waals surface area contributed by atoms with E-state index < -0.39 is 11.1 Å². The number of amides is 2. The number of alkyl halides is 3. The Kier molecular flexibility index (Phi) is 4.30. The Hall–Kier alpha value is -2.21. The number of hydrogen-bond donors (Lipinski definition) is 1. The second-order valence-corrected chi connectivity index (χ2v) is 12.1. The van der Waals surface area contributed by atoms with Crippen molar-refractivity contribution in [1.82, 2.24) is 34.3 Å². The van der Waals surface area contributed by atoms with Gasteiger partial charge in [-0.15, -0.1) is 0 Å². The molecule has 12 heteroatoms. The third-order valence-corrected chi connectivity index (χ3v) is 9.07. The fourth-order valence-corrected chi connectivity index (χ4v) is 7.01. The van der Waals surface area contributed by atoms with Crippen molar-refractivity contribution in [2.24, 2.45) is 10.8 Å². The van der Waals surface area contributed by atoms with Gasteiger partial charge in [-0.1, -0.05) is 0 Å². The number of aromatic nitrogens is 4. The fourth-order valence-electron chi connectivity index (χ4n) is 6.39. The van der Waals surface area contributed by atoms with E-state index in [9.17, 15) is 18.0 Å². The summed E-state index contributed by atoms with van der Waals surface area (Å²) in [5, 5.41) is 7.49. The SMILES string of the molecule is O=C(N1CC2(CC(c3nc(C4CC4)n[nH]3)C2)C1)N1CC2(CN(Cc3cc(C(F)(F)F)sn3)C2)C1. The summed E-state index contributed by atoms with van der Waals surface area (Å²) in [6.45, 7) is 5.18. The third kappa shape index (κ3) is 3.43. The molecule has 5 aliphatic rings. The predicted molar refractivity (Wildman–Crippen MR) is 116 cm³/mol. The molecule has 2 spiro atoms. The molecule has 2 aliphatic carbocycles. The van der Waals surface area contributed by atoms with E-state index in [4.69, 9.17) is 0 Å². The van der Waals surface area contributed by atoms with Gasteiger partial charge in [0.2, 0.25) is 0 Å².